The zero-order chi connectivity index (χ0) is 16.1. The molecule has 0 atom stereocenters. The van der Waals surface area contributed by atoms with E-state index in [1.54, 1.807) is 26.0 Å². The van der Waals surface area contributed by atoms with Crippen LogP contribution in [0.25, 0.3) is 0 Å². The molecule has 0 aliphatic heterocycles. The van der Waals surface area contributed by atoms with Crippen molar-refractivity contribution in [2.24, 2.45) is 5.41 Å². The number of hydrogen-bond donors (Lipinski definition) is 0. The predicted molar refractivity (Wildman–Crippen MR) is 83.9 cm³/mol. The topological polar surface area (TPSA) is 52.6 Å². The van der Waals surface area contributed by atoms with E-state index in [9.17, 15) is 9.59 Å². The summed E-state index contributed by atoms with van der Waals surface area (Å²) in [6.07, 6.45) is 9.01. The average Bonchev–Trinajstić information content (AvgIpc) is 2.47. The zero-order valence-electron chi connectivity index (χ0n) is 13.9. The van der Waals surface area contributed by atoms with Gasteiger partial charge in [-0.2, -0.15) is 0 Å². The second-order valence-corrected chi connectivity index (χ2v) is 5.39. The van der Waals surface area contributed by atoms with E-state index in [-0.39, 0.29) is 0 Å². The van der Waals surface area contributed by atoms with Gasteiger partial charge in [-0.1, -0.05) is 51.7 Å². The highest BCUT2D eigenvalue weighted by Crippen LogP contribution is 2.23. The highest BCUT2D eigenvalue weighted by atomic mass is 16.6. The molecule has 0 aliphatic carbocycles. The van der Waals surface area contributed by atoms with E-state index < -0.39 is 17.4 Å². The minimum absolute atomic E-state index is 0.350. The summed E-state index contributed by atoms with van der Waals surface area (Å²) in [5, 5.41) is 0. The third kappa shape index (κ3) is 7.30. The number of ether oxygens (including phenoxy) is 2. The molecule has 0 bridgehead atoms. The molecule has 0 rings (SSSR count). The Labute approximate surface area is 128 Å². The number of rotatable bonds is 11. The first-order valence-corrected chi connectivity index (χ1v) is 8.01. The van der Waals surface area contributed by atoms with Gasteiger partial charge in [0.15, 0.2) is 5.41 Å². The molecule has 0 radical (unpaired) electrons. The van der Waals surface area contributed by atoms with Gasteiger partial charge in [0, 0.05) is 0 Å². The monoisotopic (exact) mass is 298 g/mol. The van der Waals surface area contributed by atoms with Gasteiger partial charge in [-0.3, -0.25) is 9.59 Å². The van der Waals surface area contributed by atoms with Crippen molar-refractivity contribution in [2.75, 3.05) is 13.2 Å². The Morgan fingerprint density at radius 1 is 0.905 bits per heavy atom. The van der Waals surface area contributed by atoms with Crippen molar-refractivity contribution in [1.29, 1.82) is 0 Å². The molecule has 0 heterocycles. The standard InChI is InChI=1S/C17H30O4/c1-5-8-10-13-20-15(18)17(4,12-7-3)16(19)21-14-11-9-6-2/h7,12H,5-6,8-11,13-14H2,1-4H3. The largest absolute Gasteiger partial charge is 0.465 e. The third-order valence-corrected chi connectivity index (χ3v) is 3.31. The van der Waals surface area contributed by atoms with Crippen LogP contribution >= 0.6 is 0 Å². The Hall–Kier alpha value is -1.32. The van der Waals surface area contributed by atoms with E-state index in [0.717, 1.165) is 38.5 Å². The van der Waals surface area contributed by atoms with Crippen LogP contribution in [0.2, 0.25) is 0 Å². The van der Waals surface area contributed by atoms with E-state index in [1.165, 1.54) is 0 Å². The van der Waals surface area contributed by atoms with E-state index in [2.05, 4.69) is 13.8 Å². The first-order valence-electron chi connectivity index (χ1n) is 8.01. The molecule has 122 valence electrons. The van der Waals surface area contributed by atoms with Crippen LogP contribution in [0.5, 0.6) is 0 Å². The molecule has 21 heavy (non-hydrogen) atoms. The van der Waals surface area contributed by atoms with Crippen molar-refractivity contribution in [1.82, 2.24) is 0 Å². The zero-order valence-corrected chi connectivity index (χ0v) is 13.9. The lowest BCUT2D eigenvalue weighted by molar-refractivity contribution is -0.167. The molecule has 0 aromatic heterocycles. The molecule has 0 fully saturated rings. The fourth-order valence-electron chi connectivity index (χ4n) is 1.89. The fraction of sp³-hybridized carbons (Fsp3) is 0.765. The summed E-state index contributed by atoms with van der Waals surface area (Å²) in [7, 11) is 0. The number of esters is 2. The van der Waals surface area contributed by atoms with Crippen molar-refractivity contribution in [3.63, 3.8) is 0 Å². The molecule has 0 N–H and O–H groups in total. The van der Waals surface area contributed by atoms with Gasteiger partial charge in [0.1, 0.15) is 0 Å². The SMILES string of the molecule is CC=CC(C)(C(=O)OCCCCC)C(=O)OCCCCC. The summed E-state index contributed by atoms with van der Waals surface area (Å²) in [4.78, 5) is 24.3. The number of unbranched alkanes of at least 4 members (excludes halogenated alkanes) is 4. The van der Waals surface area contributed by atoms with Crippen molar-refractivity contribution >= 4 is 11.9 Å². The number of carbonyl (C=O) groups is 2. The second-order valence-electron chi connectivity index (χ2n) is 5.39. The van der Waals surface area contributed by atoms with Crippen molar-refractivity contribution in [2.45, 2.75) is 66.2 Å². The van der Waals surface area contributed by atoms with Gasteiger partial charge in [-0.05, 0) is 26.7 Å². The van der Waals surface area contributed by atoms with Crippen LogP contribution in [0, 0.1) is 5.41 Å². The first kappa shape index (κ1) is 19.7. The van der Waals surface area contributed by atoms with E-state index in [0.29, 0.717) is 13.2 Å². The molecular weight excluding hydrogens is 268 g/mol. The van der Waals surface area contributed by atoms with Crippen LogP contribution in [0.4, 0.5) is 0 Å². The van der Waals surface area contributed by atoms with Crippen LogP contribution in [-0.2, 0) is 19.1 Å². The normalized spacial score (nSPS) is 11.6. The molecule has 0 spiro atoms. The minimum atomic E-state index is -1.34. The molecular formula is C17H30O4. The van der Waals surface area contributed by atoms with Crippen molar-refractivity contribution in [3.8, 4) is 0 Å². The maximum Gasteiger partial charge on any atom is 0.327 e. The molecule has 0 aromatic rings. The number of allylic oxidation sites excluding steroid dienone is 1. The quantitative estimate of drug-likeness (QED) is 0.250. The third-order valence-electron chi connectivity index (χ3n) is 3.31. The van der Waals surface area contributed by atoms with Gasteiger partial charge in [-0.25, -0.2) is 0 Å². The van der Waals surface area contributed by atoms with E-state index in [1.807, 2.05) is 0 Å². The van der Waals surface area contributed by atoms with Crippen LogP contribution in [0.3, 0.4) is 0 Å². The van der Waals surface area contributed by atoms with Crippen molar-refractivity contribution in [3.05, 3.63) is 12.2 Å². The first-order chi connectivity index (χ1) is 10.0. The van der Waals surface area contributed by atoms with Gasteiger partial charge >= 0.3 is 11.9 Å². The Bertz CT molecular complexity index is 310. The Morgan fingerprint density at radius 2 is 1.33 bits per heavy atom. The second kappa shape index (κ2) is 11.4. The lowest BCUT2D eigenvalue weighted by atomic mass is 9.90. The van der Waals surface area contributed by atoms with Gasteiger partial charge in [0.2, 0.25) is 0 Å². The summed E-state index contributed by atoms with van der Waals surface area (Å²) in [5.74, 6) is -1.06. The molecule has 0 saturated heterocycles. The lowest BCUT2D eigenvalue weighted by Gasteiger charge is -2.22. The number of carbonyl (C=O) groups excluding carboxylic acids is 2. The summed E-state index contributed by atoms with van der Waals surface area (Å²) >= 11 is 0. The van der Waals surface area contributed by atoms with Crippen LogP contribution in [-0.4, -0.2) is 25.2 Å². The molecule has 4 nitrogen and oxygen atoms in total. The highest BCUT2D eigenvalue weighted by molar-refractivity contribution is 6.01. The summed E-state index contributed by atoms with van der Waals surface area (Å²) in [6, 6.07) is 0. The predicted octanol–water partition coefficient (Wildman–Crippen LogP) is 4.04. The van der Waals surface area contributed by atoms with Gasteiger partial charge in [0.05, 0.1) is 13.2 Å². The van der Waals surface area contributed by atoms with Crippen LogP contribution in [0.1, 0.15) is 66.2 Å². The average molecular weight is 298 g/mol. The summed E-state index contributed by atoms with van der Waals surface area (Å²) < 4.78 is 10.4. The van der Waals surface area contributed by atoms with E-state index in [4.69, 9.17) is 9.47 Å². The molecule has 0 unspecified atom stereocenters. The maximum atomic E-state index is 12.2. The smallest absolute Gasteiger partial charge is 0.327 e. The van der Waals surface area contributed by atoms with Gasteiger partial charge in [-0.15, -0.1) is 0 Å². The summed E-state index contributed by atoms with van der Waals surface area (Å²) in [5.41, 5.74) is -1.34. The lowest BCUT2D eigenvalue weighted by Crippen LogP contribution is -2.38. The Kier molecular flexibility index (Phi) is 10.6. The molecule has 0 saturated carbocycles. The van der Waals surface area contributed by atoms with Crippen LogP contribution in [0.15, 0.2) is 12.2 Å². The highest BCUT2D eigenvalue weighted by Gasteiger charge is 2.41. The Balaban J connectivity index is 4.50. The van der Waals surface area contributed by atoms with E-state index >= 15 is 0 Å². The fourth-order valence-corrected chi connectivity index (χ4v) is 1.89. The van der Waals surface area contributed by atoms with Crippen molar-refractivity contribution < 1.29 is 19.1 Å². The van der Waals surface area contributed by atoms with Gasteiger partial charge in [0.25, 0.3) is 0 Å². The summed E-state index contributed by atoms with van der Waals surface area (Å²) in [6.45, 7) is 8.19. The number of hydrogen-bond acceptors (Lipinski definition) is 4. The molecule has 4 heteroatoms. The minimum Gasteiger partial charge on any atom is -0.465 e. The van der Waals surface area contributed by atoms with Gasteiger partial charge < -0.3 is 9.47 Å². The van der Waals surface area contributed by atoms with Crippen LogP contribution < -0.4 is 0 Å². The molecule has 0 amide bonds. The maximum absolute atomic E-state index is 12.2. The molecule has 0 aromatic carbocycles. The Morgan fingerprint density at radius 3 is 1.67 bits per heavy atom. The molecule has 0 aliphatic rings.